The predicted molar refractivity (Wildman–Crippen MR) is 78.8 cm³/mol. The van der Waals surface area contributed by atoms with Gasteiger partial charge in [0.05, 0.1) is 6.26 Å². The molecule has 0 radical (unpaired) electrons. The summed E-state index contributed by atoms with van der Waals surface area (Å²) in [4.78, 5) is 11.9. The van der Waals surface area contributed by atoms with Gasteiger partial charge in [0, 0.05) is 6.42 Å². The Hall–Kier alpha value is 0.0200. The van der Waals surface area contributed by atoms with Crippen LogP contribution in [0.5, 0.6) is 0 Å². The standard InChI is InChI=1S/C15H29OS/c1-3-4-5-7-10-14(16)13-17(2)15-11-8-6-9-12-15/h15H,3-13H2,1-2H3/q+1. The van der Waals surface area contributed by atoms with Crippen LogP contribution in [-0.2, 0) is 15.7 Å². The largest absolute Gasteiger partial charge is 0.294 e. The molecule has 0 saturated heterocycles. The third-order valence-corrected chi connectivity index (χ3v) is 6.21. The second-order valence-electron chi connectivity index (χ2n) is 5.44. The minimum Gasteiger partial charge on any atom is -0.294 e. The number of carbonyl (C=O) groups excluding carboxylic acids is 1. The van der Waals surface area contributed by atoms with Crippen molar-refractivity contribution in [3.63, 3.8) is 0 Å². The van der Waals surface area contributed by atoms with Crippen LogP contribution in [0.4, 0.5) is 0 Å². The summed E-state index contributed by atoms with van der Waals surface area (Å²) >= 11 is 0. The number of hydrogen-bond donors (Lipinski definition) is 0. The second-order valence-corrected chi connectivity index (χ2v) is 7.78. The van der Waals surface area contributed by atoms with Crippen LogP contribution in [-0.4, -0.2) is 23.0 Å². The van der Waals surface area contributed by atoms with Gasteiger partial charge >= 0.3 is 0 Å². The fourth-order valence-corrected chi connectivity index (χ4v) is 4.69. The summed E-state index contributed by atoms with van der Waals surface area (Å²) in [6.07, 6.45) is 15.0. The van der Waals surface area contributed by atoms with Crippen molar-refractivity contribution in [2.24, 2.45) is 0 Å². The van der Waals surface area contributed by atoms with E-state index < -0.39 is 0 Å². The third kappa shape index (κ3) is 6.49. The van der Waals surface area contributed by atoms with Crippen molar-refractivity contribution in [2.75, 3.05) is 12.0 Å². The van der Waals surface area contributed by atoms with Gasteiger partial charge in [-0.15, -0.1) is 0 Å². The summed E-state index contributed by atoms with van der Waals surface area (Å²) in [5.41, 5.74) is 0. The molecule has 17 heavy (non-hydrogen) atoms. The normalized spacial score (nSPS) is 19.2. The van der Waals surface area contributed by atoms with Crippen molar-refractivity contribution in [3.8, 4) is 0 Å². The molecule has 0 N–H and O–H groups in total. The van der Waals surface area contributed by atoms with Gasteiger partial charge in [-0.1, -0.05) is 32.6 Å². The molecule has 0 aromatic heterocycles. The van der Waals surface area contributed by atoms with Gasteiger partial charge in [-0.3, -0.25) is 4.79 Å². The van der Waals surface area contributed by atoms with E-state index in [0.29, 0.717) is 16.7 Å². The highest BCUT2D eigenvalue weighted by atomic mass is 32.2. The van der Waals surface area contributed by atoms with Gasteiger partial charge in [-0.2, -0.15) is 0 Å². The number of Topliss-reactive ketones (excluding diaryl/α,β-unsaturated/α-hetero) is 1. The molecular formula is C15H29OS+. The minimum absolute atomic E-state index is 0.357. The molecule has 1 nitrogen and oxygen atoms in total. The number of carbonyl (C=O) groups is 1. The van der Waals surface area contributed by atoms with E-state index in [1.807, 2.05) is 0 Å². The van der Waals surface area contributed by atoms with Gasteiger partial charge in [0.1, 0.15) is 5.25 Å². The Morgan fingerprint density at radius 3 is 2.47 bits per heavy atom. The van der Waals surface area contributed by atoms with Crippen LogP contribution in [0.1, 0.15) is 71.1 Å². The summed E-state index contributed by atoms with van der Waals surface area (Å²) < 4.78 is 0. The Morgan fingerprint density at radius 2 is 1.82 bits per heavy atom. The number of rotatable bonds is 8. The van der Waals surface area contributed by atoms with Crippen molar-refractivity contribution in [2.45, 2.75) is 76.4 Å². The average molecular weight is 257 g/mol. The Morgan fingerprint density at radius 1 is 1.12 bits per heavy atom. The first kappa shape index (κ1) is 15.1. The predicted octanol–water partition coefficient (Wildman–Crippen LogP) is 4.11. The number of unbranched alkanes of at least 4 members (excludes halogenated alkanes) is 3. The molecule has 1 rings (SSSR count). The van der Waals surface area contributed by atoms with Crippen molar-refractivity contribution in [1.82, 2.24) is 0 Å². The van der Waals surface area contributed by atoms with E-state index in [2.05, 4.69) is 13.2 Å². The first-order chi connectivity index (χ1) is 8.24. The summed E-state index contributed by atoms with van der Waals surface area (Å²) in [6.45, 7) is 2.22. The first-order valence-corrected chi connectivity index (χ1v) is 9.23. The highest BCUT2D eigenvalue weighted by Crippen LogP contribution is 2.24. The molecule has 0 spiro atoms. The van der Waals surface area contributed by atoms with Crippen LogP contribution in [0.25, 0.3) is 0 Å². The van der Waals surface area contributed by atoms with Gasteiger partial charge in [-0.25, -0.2) is 0 Å². The van der Waals surface area contributed by atoms with E-state index in [1.54, 1.807) is 0 Å². The molecule has 1 aliphatic carbocycles. The topological polar surface area (TPSA) is 17.1 Å². The van der Waals surface area contributed by atoms with Crippen LogP contribution < -0.4 is 0 Å². The molecule has 1 aliphatic rings. The maximum atomic E-state index is 11.9. The van der Waals surface area contributed by atoms with E-state index >= 15 is 0 Å². The lowest BCUT2D eigenvalue weighted by Gasteiger charge is -2.20. The lowest BCUT2D eigenvalue weighted by atomic mass is 10.0. The van der Waals surface area contributed by atoms with Crippen molar-refractivity contribution in [1.29, 1.82) is 0 Å². The molecule has 2 heteroatoms. The van der Waals surface area contributed by atoms with Crippen LogP contribution in [0.2, 0.25) is 0 Å². The lowest BCUT2D eigenvalue weighted by Crippen LogP contribution is -2.29. The fraction of sp³-hybridized carbons (Fsp3) is 0.933. The van der Waals surface area contributed by atoms with E-state index in [1.165, 1.54) is 51.4 Å². The molecular weight excluding hydrogens is 228 g/mol. The number of ketones is 1. The van der Waals surface area contributed by atoms with Gasteiger partial charge in [-0.05, 0) is 43.0 Å². The molecule has 1 atom stereocenters. The molecule has 0 amide bonds. The molecule has 1 unspecified atom stereocenters. The molecule has 0 aromatic carbocycles. The molecule has 0 aliphatic heterocycles. The van der Waals surface area contributed by atoms with E-state index in [9.17, 15) is 4.79 Å². The maximum Gasteiger partial charge on any atom is 0.181 e. The Balaban J connectivity index is 2.11. The SMILES string of the molecule is CCCCCCC(=O)C[S+](C)C1CCCCC1. The third-order valence-electron chi connectivity index (χ3n) is 3.82. The van der Waals surface area contributed by atoms with E-state index in [-0.39, 0.29) is 0 Å². The average Bonchev–Trinajstić information content (AvgIpc) is 2.36. The van der Waals surface area contributed by atoms with Crippen molar-refractivity contribution in [3.05, 3.63) is 0 Å². The van der Waals surface area contributed by atoms with Gasteiger partial charge in [0.25, 0.3) is 0 Å². The zero-order valence-corrected chi connectivity index (χ0v) is 12.5. The zero-order chi connectivity index (χ0) is 12.5. The molecule has 1 saturated carbocycles. The van der Waals surface area contributed by atoms with Crippen LogP contribution in [0.3, 0.4) is 0 Å². The smallest absolute Gasteiger partial charge is 0.181 e. The first-order valence-electron chi connectivity index (χ1n) is 7.37. The molecule has 1 fully saturated rings. The quantitative estimate of drug-likeness (QED) is 0.472. The van der Waals surface area contributed by atoms with Crippen molar-refractivity contribution < 1.29 is 4.79 Å². The zero-order valence-electron chi connectivity index (χ0n) is 11.7. The Bertz CT molecular complexity index is 209. The summed E-state index contributed by atoms with van der Waals surface area (Å²) in [5, 5.41) is 0.864. The maximum absolute atomic E-state index is 11.9. The van der Waals surface area contributed by atoms with Crippen molar-refractivity contribution >= 4 is 16.7 Å². The fourth-order valence-electron chi connectivity index (χ4n) is 2.66. The molecule has 0 heterocycles. The number of hydrogen-bond acceptors (Lipinski definition) is 1. The molecule has 100 valence electrons. The van der Waals surface area contributed by atoms with Gasteiger partial charge in [0.15, 0.2) is 11.5 Å². The van der Waals surface area contributed by atoms with Crippen LogP contribution in [0, 0.1) is 0 Å². The van der Waals surface area contributed by atoms with Crippen LogP contribution in [0.15, 0.2) is 0 Å². The van der Waals surface area contributed by atoms with Crippen LogP contribution >= 0.6 is 0 Å². The highest BCUT2D eigenvalue weighted by Gasteiger charge is 2.29. The Labute approximate surface area is 110 Å². The highest BCUT2D eigenvalue weighted by molar-refractivity contribution is 7.97. The van der Waals surface area contributed by atoms with Gasteiger partial charge < -0.3 is 0 Å². The minimum atomic E-state index is 0.357. The van der Waals surface area contributed by atoms with E-state index in [4.69, 9.17) is 0 Å². The van der Waals surface area contributed by atoms with E-state index in [0.717, 1.165) is 23.8 Å². The summed E-state index contributed by atoms with van der Waals surface area (Å²) in [5.74, 6) is 1.40. The molecule has 0 bridgehead atoms. The second kappa shape index (κ2) is 9.02. The Kier molecular flexibility index (Phi) is 8.00. The lowest BCUT2D eigenvalue weighted by molar-refractivity contribution is -0.116. The molecule has 0 aromatic rings. The summed E-state index contributed by atoms with van der Waals surface area (Å²) in [7, 11) is 0.357. The monoisotopic (exact) mass is 257 g/mol. The van der Waals surface area contributed by atoms with Gasteiger partial charge in [0.2, 0.25) is 0 Å². The summed E-state index contributed by atoms with van der Waals surface area (Å²) in [6, 6.07) is 0.